The number of hydrazone groups is 1. The average molecular weight is 320 g/mol. The Labute approximate surface area is 129 Å². The maximum absolute atomic E-state index is 11.7. The second-order valence-electron chi connectivity index (χ2n) is 5.01. The molecular formula is C13H12N4O6. The van der Waals surface area contributed by atoms with Crippen molar-refractivity contribution in [1.29, 1.82) is 0 Å². The zero-order valence-corrected chi connectivity index (χ0v) is 11.8. The van der Waals surface area contributed by atoms with Crippen molar-refractivity contribution >= 4 is 23.5 Å². The Morgan fingerprint density at radius 2 is 2.00 bits per heavy atom. The number of nitro groups is 2. The maximum atomic E-state index is 11.7. The fourth-order valence-corrected chi connectivity index (χ4v) is 2.05. The van der Waals surface area contributed by atoms with E-state index < -0.39 is 27.0 Å². The van der Waals surface area contributed by atoms with Gasteiger partial charge >= 0.3 is 5.69 Å². The van der Waals surface area contributed by atoms with Crippen LogP contribution in [0.3, 0.4) is 0 Å². The Morgan fingerprint density at radius 3 is 2.52 bits per heavy atom. The van der Waals surface area contributed by atoms with Gasteiger partial charge in [-0.05, 0) is 12.8 Å². The minimum atomic E-state index is -0.946. The Bertz CT molecular complexity index is 734. The van der Waals surface area contributed by atoms with Crippen molar-refractivity contribution in [1.82, 2.24) is 5.43 Å². The number of aromatic hydroxyl groups is 1. The molecule has 120 valence electrons. The molecule has 1 saturated carbocycles. The van der Waals surface area contributed by atoms with Crippen molar-refractivity contribution in [3.8, 4) is 5.75 Å². The summed E-state index contributed by atoms with van der Waals surface area (Å²) in [7, 11) is 0. The van der Waals surface area contributed by atoms with E-state index in [9.17, 15) is 30.1 Å². The van der Waals surface area contributed by atoms with Gasteiger partial charge in [0.25, 0.3) is 5.69 Å². The second-order valence-corrected chi connectivity index (χ2v) is 5.01. The summed E-state index contributed by atoms with van der Waals surface area (Å²) >= 11 is 0. The Balaban J connectivity index is 2.19. The van der Waals surface area contributed by atoms with Crippen molar-refractivity contribution < 1.29 is 19.7 Å². The van der Waals surface area contributed by atoms with Crippen LogP contribution in [0.2, 0.25) is 0 Å². The summed E-state index contributed by atoms with van der Waals surface area (Å²) in [5.41, 5.74) is 1.54. The Morgan fingerprint density at radius 1 is 1.35 bits per heavy atom. The number of carbonyl (C=O) groups excluding carboxylic acids is 1. The highest BCUT2D eigenvalue weighted by Gasteiger charge is 2.28. The molecule has 1 amide bonds. The van der Waals surface area contributed by atoms with Crippen LogP contribution in [0, 0.1) is 26.1 Å². The molecule has 0 aromatic heterocycles. The zero-order valence-electron chi connectivity index (χ0n) is 11.8. The molecule has 0 heterocycles. The van der Waals surface area contributed by atoms with Gasteiger partial charge in [-0.15, -0.1) is 0 Å². The largest absolute Gasteiger partial charge is 0.502 e. The number of benzene rings is 1. The van der Waals surface area contributed by atoms with Crippen LogP contribution < -0.4 is 5.43 Å². The SMILES string of the molecule is C=C1CC(C(=O)NN=Cc2cc([N+](=O)[O-])cc([N+](=O)[O-])c2O)C1. The van der Waals surface area contributed by atoms with E-state index in [0.717, 1.165) is 17.9 Å². The molecule has 1 aliphatic carbocycles. The number of nitrogens with one attached hydrogen (secondary N) is 1. The number of allylic oxidation sites excluding steroid dienone is 1. The molecular weight excluding hydrogens is 308 g/mol. The predicted octanol–water partition coefficient (Wildman–Crippen LogP) is 1.62. The number of rotatable bonds is 5. The number of amides is 1. The van der Waals surface area contributed by atoms with Crippen LogP contribution in [0.25, 0.3) is 0 Å². The summed E-state index contributed by atoms with van der Waals surface area (Å²) in [4.78, 5) is 31.4. The maximum Gasteiger partial charge on any atom is 0.318 e. The smallest absolute Gasteiger partial charge is 0.318 e. The topological polar surface area (TPSA) is 148 Å². The quantitative estimate of drug-likeness (QED) is 0.364. The number of phenolic OH excluding ortho intramolecular Hbond substituents is 1. The molecule has 0 spiro atoms. The minimum Gasteiger partial charge on any atom is -0.502 e. The van der Waals surface area contributed by atoms with E-state index >= 15 is 0 Å². The lowest BCUT2D eigenvalue weighted by atomic mass is 9.81. The van der Waals surface area contributed by atoms with E-state index in [0.29, 0.717) is 18.9 Å². The Hall–Kier alpha value is -3.30. The number of hydrogen-bond donors (Lipinski definition) is 2. The molecule has 0 bridgehead atoms. The standard InChI is InChI=1S/C13H12N4O6/c1-7-2-8(3-7)13(19)15-14-6-9-4-10(16(20)21)5-11(12(9)18)17(22)23/h4-6,8,18H,1-3H2,(H,15,19). The number of nitro benzene ring substituents is 2. The molecule has 23 heavy (non-hydrogen) atoms. The second kappa shape index (κ2) is 6.22. The van der Waals surface area contributed by atoms with Gasteiger partial charge in [-0.3, -0.25) is 25.0 Å². The molecule has 10 heteroatoms. The van der Waals surface area contributed by atoms with Crippen molar-refractivity contribution in [3.63, 3.8) is 0 Å². The first-order valence-corrected chi connectivity index (χ1v) is 6.45. The molecule has 0 aliphatic heterocycles. The molecule has 10 nitrogen and oxygen atoms in total. The van der Waals surface area contributed by atoms with Gasteiger partial charge in [-0.25, -0.2) is 5.43 Å². The number of carbonyl (C=O) groups is 1. The molecule has 1 aliphatic rings. The van der Waals surface area contributed by atoms with Crippen LogP contribution in [0.1, 0.15) is 18.4 Å². The highest BCUT2D eigenvalue weighted by molar-refractivity contribution is 5.88. The fraction of sp³-hybridized carbons (Fsp3) is 0.231. The van der Waals surface area contributed by atoms with Gasteiger partial charge < -0.3 is 5.11 Å². The molecule has 1 fully saturated rings. The van der Waals surface area contributed by atoms with Crippen LogP contribution >= 0.6 is 0 Å². The summed E-state index contributed by atoms with van der Waals surface area (Å²) in [6.07, 6.45) is 2.05. The number of phenols is 1. The van der Waals surface area contributed by atoms with E-state index in [-0.39, 0.29) is 17.4 Å². The molecule has 0 saturated heterocycles. The molecule has 0 radical (unpaired) electrons. The van der Waals surface area contributed by atoms with Crippen LogP contribution in [0.5, 0.6) is 5.75 Å². The van der Waals surface area contributed by atoms with Gasteiger partial charge in [0.05, 0.1) is 27.7 Å². The third-order valence-corrected chi connectivity index (χ3v) is 3.33. The molecule has 1 aromatic rings. The lowest BCUT2D eigenvalue weighted by molar-refractivity contribution is -0.394. The van der Waals surface area contributed by atoms with Crippen LogP contribution in [0.15, 0.2) is 29.4 Å². The molecule has 2 rings (SSSR count). The highest BCUT2D eigenvalue weighted by atomic mass is 16.6. The van der Waals surface area contributed by atoms with Gasteiger partial charge in [-0.2, -0.15) is 5.10 Å². The van der Waals surface area contributed by atoms with E-state index in [1.54, 1.807) is 0 Å². The third-order valence-electron chi connectivity index (χ3n) is 3.33. The molecule has 1 aromatic carbocycles. The lowest BCUT2D eigenvalue weighted by Crippen LogP contribution is -2.32. The zero-order chi connectivity index (χ0) is 17.1. The van der Waals surface area contributed by atoms with Crippen LogP contribution in [-0.2, 0) is 4.79 Å². The first kappa shape index (κ1) is 16.1. The van der Waals surface area contributed by atoms with E-state index in [4.69, 9.17) is 0 Å². The predicted molar refractivity (Wildman–Crippen MR) is 79.0 cm³/mol. The number of hydrogen-bond acceptors (Lipinski definition) is 7. The van der Waals surface area contributed by atoms with Crippen molar-refractivity contribution in [2.75, 3.05) is 0 Å². The first-order chi connectivity index (χ1) is 10.8. The van der Waals surface area contributed by atoms with E-state index in [2.05, 4.69) is 17.1 Å². The molecule has 2 N–H and O–H groups in total. The van der Waals surface area contributed by atoms with Crippen LogP contribution in [0.4, 0.5) is 11.4 Å². The van der Waals surface area contributed by atoms with Crippen LogP contribution in [-0.4, -0.2) is 27.1 Å². The summed E-state index contributed by atoms with van der Waals surface area (Å²) in [5, 5.41) is 34.9. The normalized spacial score (nSPS) is 14.5. The van der Waals surface area contributed by atoms with Gasteiger partial charge in [0, 0.05) is 12.0 Å². The van der Waals surface area contributed by atoms with Crippen molar-refractivity contribution in [2.45, 2.75) is 12.8 Å². The summed E-state index contributed by atoms with van der Waals surface area (Å²) in [6.45, 7) is 3.71. The highest BCUT2D eigenvalue weighted by Crippen LogP contribution is 2.33. The summed E-state index contributed by atoms with van der Waals surface area (Å²) in [5.74, 6) is -1.35. The van der Waals surface area contributed by atoms with Gasteiger partial charge in [-0.1, -0.05) is 12.2 Å². The monoisotopic (exact) mass is 320 g/mol. The number of non-ortho nitro benzene ring substituents is 1. The third kappa shape index (κ3) is 3.48. The lowest BCUT2D eigenvalue weighted by Gasteiger charge is -2.25. The summed E-state index contributed by atoms with van der Waals surface area (Å²) in [6, 6.07) is 1.56. The van der Waals surface area contributed by atoms with E-state index in [1.165, 1.54) is 0 Å². The van der Waals surface area contributed by atoms with Crippen molar-refractivity contribution in [3.05, 3.63) is 50.1 Å². The first-order valence-electron chi connectivity index (χ1n) is 6.45. The molecule has 0 unspecified atom stereocenters. The number of nitrogens with zero attached hydrogens (tertiary/aromatic N) is 3. The fourth-order valence-electron chi connectivity index (χ4n) is 2.05. The van der Waals surface area contributed by atoms with E-state index in [1.807, 2.05) is 0 Å². The van der Waals surface area contributed by atoms with Gasteiger partial charge in [0.15, 0.2) is 0 Å². The summed E-state index contributed by atoms with van der Waals surface area (Å²) < 4.78 is 0. The average Bonchev–Trinajstić information content (AvgIpc) is 2.44. The van der Waals surface area contributed by atoms with Crippen molar-refractivity contribution in [2.24, 2.45) is 11.0 Å². The Kier molecular flexibility index (Phi) is 4.35. The van der Waals surface area contributed by atoms with Gasteiger partial charge in [0.1, 0.15) is 0 Å². The van der Waals surface area contributed by atoms with Gasteiger partial charge in [0.2, 0.25) is 11.7 Å². The molecule has 0 atom stereocenters. The minimum absolute atomic E-state index is 0.229.